The van der Waals surface area contributed by atoms with E-state index in [1.54, 1.807) is 19.1 Å². The maximum absolute atomic E-state index is 13.7. The quantitative estimate of drug-likeness (QED) is 0.841. The summed E-state index contributed by atoms with van der Waals surface area (Å²) < 4.78 is 43.6. The van der Waals surface area contributed by atoms with Gasteiger partial charge in [0.15, 0.2) is 11.6 Å². The number of methoxy groups -OCH3 is 1. The Morgan fingerprint density at radius 3 is 2.40 bits per heavy atom. The maximum Gasteiger partial charge on any atom is 0.213 e. The molecule has 1 fully saturated rings. The van der Waals surface area contributed by atoms with Crippen LogP contribution in [0.25, 0.3) is 0 Å². The van der Waals surface area contributed by atoms with Crippen LogP contribution in [0.5, 0.6) is 5.75 Å². The molecule has 1 heterocycles. The van der Waals surface area contributed by atoms with E-state index in [1.807, 2.05) is 4.90 Å². The van der Waals surface area contributed by atoms with Gasteiger partial charge in [-0.1, -0.05) is 0 Å². The van der Waals surface area contributed by atoms with Crippen LogP contribution in [0.15, 0.2) is 18.2 Å². The third-order valence-corrected chi connectivity index (χ3v) is 5.38. The Morgan fingerprint density at radius 1 is 1.25 bits per heavy atom. The minimum absolute atomic E-state index is 0.115. The van der Waals surface area contributed by atoms with E-state index >= 15 is 0 Å². The van der Waals surface area contributed by atoms with Crippen LogP contribution < -0.4 is 9.64 Å². The summed E-state index contributed by atoms with van der Waals surface area (Å²) in [6, 6.07) is 4.79. The average Bonchev–Trinajstić information content (AvgIpc) is 2.47. The Balaban J connectivity index is 2.06. The van der Waals surface area contributed by atoms with Crippen molar-refractivity contribution in [3.63, 3.8) is 0 Å². The molecular formula is C13H19FN2O3S. The molecule has 0 bridgehead atoms. The van der Waals surface area contributed by atoms with E-state index in [0.29, 0.717) is 26.2 Å². The van der Waals surface area contributed by atoms with Gasteiger partial charge in [0.2, 0.25) is 10.0 Å². The topological polar surface area (TPSA) is 49.9 Å². The highest BCUT2D eigenvalue weighted by Crippen LogP contribution is 2.24. The third kappa shape index (κ3) is 3.04. The van der Waals surface area contributed by atoms with Crippen LogP contribution in [-0.2, 0) is 10.0 Å². The number of halogens is 1. The minimum Gasteiger partial charge on any atom is -0.494 e. The Labute approximate surface area is 119 Å². The van der Waals surface area contributed by atoms with Gasteiger partial charge in [-0.15, -0.1) is 0 Å². The fourth-order valence-electron chi connectivity index (χ4n) is 2.26. The van der Waals surface area contributed by atoms with Crippen LogP contribution >= 0.6 is 0 Å². The third-order valence-electron chi connectivity index (χ3n) is 3.50. The zero-order valence-corrected chi connectivity index (χ0v) is 12.5. The zero-order chi connectivity index (χ0) is 14.8. The number of ether oxygens (including phenoxy) is 1. The first kappa shape index (κ1) is 15.1. The molecule has 7 heteroatoms. The van der Waals surface area contributed by atoms with Crippen molar-refractivity contribution in [3.05, 3.63) is 24.0 Å². The Hall–Kier alpha value is -1.34. The maximum atomic E-state index is 13.7. The number of sulfonamides is 1. The number of nitrogens with zero attached hydrogens (tertiary/aromatic N) is 2. The highest BCUT2D eigenvalue weighted by atomic mass is 32.2. The van der Waals surface area contributed by atoms with Gasteiger partial charge in [-0.25, -0.2) is 12.8 Å². The lowest BCUT2D eigenvalue weighted by Crippen LogP contribution is -2.49. The lowest BCUT2D eigenvalue weighted by molar-refractivity contribution is 0.381. The van der Waals surface area contributed by atoms with Gasteiger partial charge in [-0.3, -0.25) is 0 Å². The summed E-state index contributed by atoms with van der Waals surface area (Å²) in [5.41, 5.74) is 0.747. The molecule has 0 N–H and O–H groups in total. The molecule has 20 heavy (non-hydrogen) atoms. The summed E-state index contributed by atoms with van der Waals surface area (Å²) in [5, 5.41) is 0. The van der Waals surface area contributed by atoms with E-state index in [4.69, 9.17) is 4.74 Å². The van der Waals surface area contributed by atoms with Crippen LogP contribution in [0.1, 0.15) is 6.92 Å². The van der Waals surface area contributed by atoms with Crippen LogP contribution in [0, 0.1) is 5.82 Å². The molecule has 0 atom stereocenters. The largest absolute Gasteiger partial charge is 0.494 e. The summed E-state index contributed by atoms with van der Waals surface area (Å²) in [6.07, 6.45) is 0. The molecule has 5 nitrogen and oxygen atoms in total. The first-order valence-corrected chi connectivity index (χ1v) is 8.15. The van der Waals surface area contributed by atoms with Crippen molar-refractivity contribution in [3.8, 4) is 5.75 Å². The molecule has 2 rings (SSSR count). The SMILES string of the molecule is CCS(=O)(=O)N1CCN(c2ccc(OC)c(F)c2)CC1. The molecule has 1 aliphatic rings. The highest BCUT2D eigenvalue weighted by Gasteiger charge is 2.25. The molecule has 1 aromatic rings. The predicted molar refractivity (Wildman–Crippen MR) is 76.2 cm³/mol. The van der Waals surface area contributed by atoms with Crippen molar-refractivity contribution in [2.45, 2.75) is 6.92 Å². The number of anilines is 1. The summed E-state index contributed by atoms with van der Waals surface area (Å²) in [5.74, 6) is -0.0842. The van der Waals surface area contributed by atoms with Crippen molar-refractivity contribution in [1.29, 1.82) is 0 Å². The molecule has 112 valence electrons. The molecule has 0 aliphatic carbocycles. The van der Waals surface area contributed by atoms with Crippen molar-refractivity contribution in [2.75, 3.05) is 43.9 Å². The van der Waals surface area contributed by atoms with Crippen molar-refractivity contribution in [2.24, 2.45) is 0 Å². The Bertz CT molecular complexity index is 569. The molecule has 0 amide bonds. The molecule has 0 radical (unpaired) electrons. The molecule has 1 aliphatic heterocycles. The van der Waals surface area contributed by atoms with Crippen molar-refractivity contribution in [1.82, 2.24) is 4.31 Å². The standard InChI is InChI=1S/C13H19FN2O3S/c1-3-20(17,18)16-8-6-15(7-9-16)11-4-5-13(19-2)12(14)10-11/h4-5,10H,3,6-9H2,1-2H3. The molecule has 0 unspecified atom stereocenters. The van der Waals surface area contributed by atoms with Crippen molar-refractivity contribution >= 4 is 15.7 Å². The number of hydrogen-bond donors (Lipinski definition) is 0. The summed E-state index contributed by atoms with van der Waals surface area (Å²) in [4.78, 5) is 1.98. The Kier molecular flexibility index (Phi) is 4.49. The molecule has 1 aromatic carbocycles. The fraction of sp³-hybridized carbons (Fsp3) is 0.538. The second-order valence-corrected chi connectivity index (χ2v) is 6.86. The number of benzene rings is 1. The van der Waals surface area contributed by atoms with E-state index in [0.717, 1.165) is 5.69 Å². The summed E-state index contributed by atoms with van der Waals surface area (Å²) >= 11 is 0. The molecule has 0 saturated carbocycles. The first-order chi connectivity index (χ1) is 9.47. The number of piperazine rings is 1. The number of hydrogen-bond acceptors (Lipinski definition) is 4. The van der Waals surface area contributed by atoms with E-state index in [-0.39, 0.29) is 11.5 Å². The molecule has 0 aromatic heterocycles. The molecular weight excluding hydrogens is 283 g/mol. The lowest BCUT2D eigenvalue weighted by Gasteiger charge is -2.35. The van der Waals surface area contributed by atoms with Gasteiger partial charge in [0, 0.05) is 37.9 Å². The molecule has 1 saturated heterocycles. The smallest absolute Gasteiger partial charge is 0.213 e. The number of rotatable bonds is 4. The van der Waals surface area contributed by atoms with Crippen LogP contribution in [0.2, 0.25) is 0 Å². The van der Waals surface area contributed by atoms with E-state index < -0.39 is 15.8 Å². The summed E-state index contributed by atoms with van der Waals surface area (Å²) in [7, 11) is -1.71. The molecule has 0 spiro atoms. The fourth-order valence-corrected chi connectivity index (χ4v) is 3.34. The van der Waals surface area contributed by atoms with Crippen molar-refractivity contribution < 1.29 is 17.5 Å². The zero-order valence-electron chi connectivity index (χ0n) is 11.7. The van der Waals surface area contributed by atoms with E-state index in [1.165, 1.54) is 17.5 Å². The van der Waals surface area contributed by atoms with Crippen LogP contribution in [0.3, 0.4) is 0 Å². The van der Waals surface area contributed by atoms with E-state index in [2.05, 4.69) is 0 Å². The predicted octanol–water partition coefficient (Wildman–Crippen LogP) is 1.31. The van der Waals surface area contributed by atoms with Gasteiger partial charge in [0.05, 0.1) is 12.9 Å². The monoisotopic (exact) mass is 302 g/mol. The lowest BCUT2D eigenvalue weighted by atomic mass is 10.2. The second-order valence-electron chi connectivity index (χ2n) is 4.61. The minimum atomic E-state index is -3.13. The van der Waals surface area contributed by atoms with Gasteiger partial charge < -0.3 is 9.64 Å². The van der Waals surface area contributed by atoms with Gasteiger partial charge >= 0.3 is 0 Å². The van der Waals surface area contributed by atoms with Gasteiger partial charge in [-0.05, 0) is 19.1 Å². The Morgan fingerprint density at radius 2 is 1.90 bits per heavy atom. The first-order valence-electron chi connectivity index (χ1n) is 6.54. The van der Waals surface area contributed by atoms with Crippen LogP contribution in [-0.4, -0.2) is 51.8 Å². The normalized spacial score (nSPS) is 17.2. The van der Waals surface area contributed by atoms with Crippen LogP contribution in [0.4, 0.5) is 10.1 Å². The van der Waals surface area contributed by atoms with E-state index in [9.17, 15) is 12.8 Å². The van der Waals surface area contributed by atoms with Gasteiger partial charge in [0.1, 0.15) is 0 Å². The summed E-state index contributed by atoms with van der Waals surface area (Å²) in [6.45, 7) is 3.63. The highest BCUT2D eigenvalue weighted by molar-refractivity contribution is 7.89. The van der Waals surface area contributed by atoms with Gasteiger partial charge in [0.25, 0.3) is 0 Å². The van der Waals surface area contributed by atoms with Gasteiger partial charge in [-0.2, -0.15) is 4.31 Å². The average molecular weight is 302 g/mol. The second kappa shape index (κ2) is 5.97.